The first-order valence-electron chi connectivity index (χ1n) is 5.24. The molecular weight excluding hydrogens is 294 g/mol. The SMILES string of the molecule is O=C(O)C1CSC(c2nc3cc(F)c(F)cc3s2)=N1. The summed E-state index contributed by atoms with van der Waals surface area (Å²) in [5, 5.41) is 9.86. The van der Waals surface area contributed by atoms with Crippen LogP contribution in [0.3, 0.4) is 0 Å². The van der Waals surface area contributed by atoms with Crippen LogP contribution in [0.25, 0.3) is 10.2 Å². The minimum absolute atomic E-state index is 0.348. The number of aliphatic carboxylic acids is 1. The highest BCUT2D eigenvalue weighted by Crippen LogP contribution is 2.30. The van der Waals surface area contributed by atoms with Crippen LogP contribution in [-0.4, -0.2) is 32.9 Å². The number of aromatic nitrogens is 1. The molecular formula is C11H6F2N2O2S2. The Morgan fingerprint density at radius 1 is 1.37 bits per heavy atom. The maximum absolute atomic E-state index is 13.1. The lowest BCUT2D eigenvalue weighted by atomic mass is 10.3. The third kappa shape index (κ3) is 2.21. The number of carboxylic acids is 1. The number of nitrogens with zero attached hydrogens (tertiary/aromatic N) is 2. The summed E-state index contributed by atoms with van der Waals surface area (Å²) in [6.45, 7) is 0. The first-order chi connectivity index (χ1) is 9.04. The minimum Gasteiger partial charge on any atom is -0.480 e. The Kier molecular flexibility index (Phi) is 2.98. The Morgan fingerprint density at radius 3 is 2.79 bits per heavy atom. The van der Waals surface area contributed by atoms with Crippen molar-refractivity contribution >= 4 is 44.3 Å². The number of carboxylic acid groups (broad SMARTS) is 1. The van der Waals surface area contributed by atoms with Crippen LogP contribution in [0.5, 0.6) is 0 Å². The Hall–Kier alpha value is -1.54. The molecule has 0 aliphatic carbocycles. The molecule has 0 amide bonds. The van der Waals surface area contributed by atoms with Crippen molar-refractivity contribution in [3.05, 3.63) is 28.8 Å². The molecule has 0 saturated carbocycles. The molecule has 1 aliphatic heterocycles. The quantitative estimate of drug-likeness (QED) is 0.925. The maximum atomic E-state index is 13.1. The summed E-state index contributed by atoms with van der Waals surface area (Å²) in [5.41, 5.74) is 0.348. The monoisotopic (exact) mass is 300 g/mol. The number of thiazole rings is 1. The second-order valence-corrected chi connectivity index (χ2v) is 5.89. The van der Waals surface area contributed by atoms with Crippen molar-refractivity contribution in [2.24, 2.45) is 4.99 Å². The van der Waals surface area contributed by atoms with Gasteiger partial charge in [0.05, 0.1) is 10.2 Å². The van der Waals surface area contributed by atoms with Crippen molar-refractivity contribution in [3.8, 4) is 0 Å². The number of carbonyl (C=O) groups is 1. The fourth-order valence-electron chi connectivity index (χ4n) is 1.63. The molecule has 4 nitrogen and oxygen atoms in total. The number of rotatable bonds is 2. The first-order valence-corrected chi connectivity index (χ1v) is 7.04. The van der Waals surface area contributed by atoms with Crippen LogP contribution in [-0.2, 0) is 4.79 Å². The molecule has 0 spiro atoms. The fraction of sp³-hybridized carbons (Fsp3) is 0.182. The molecule has 1 aromatic heterocycles. The van der Waals surface area contributed by atoms with E-state index >= 15 is 0 Å². The third-order valence-corrected chi connectivity index (χ3v) is 4.76. The molecule has 19 heavy (non-hydrogen) atoms. The summed E-state index contributed by atoms with van der Waals surface area (Å²) in [4.78, 5) is 19.0. The van der Waals surface area contributed by atoms with Gasteiger partial charge in [0, 0.05) is 11.8 Å². The van der Waals surface area contributed by atoms with E-state index in [0.717, 1.165) is 12.1 Å². The van der Waals surface area contributed by atoms with Gasteiger partial charge >= 0.3 is 5.97 Å². The Bertz CT molecular complexity index is 675. The number of thioether (sulfide) groups is 1. The van der Waals surface area contributed by atoms with E-state index in [9.17, 15) is 13.6 Å². The molecule has 98 valence electrons. The molecule has 1 N–H and O–H groups in total. The summed E-state index contributed by atoms with van der Waals surface area (Å²) in [6, 6.07) is 1.33. The number of benzene rings is 1. The van der Waals surface area contributed by atoms with Crippen LogP contribution in [0.1, 0.15) is 5.01 Å². The Balaban J connectivity index is 2.03. The fourth-order valence-corrected chi connectivity index (χ4v) is 3.70. The summed E-state index contributed by atoms with van der Waals surface area (Å²) >= 11 is 2.45. The Labute approximate surface area is 114 Å². The van der Waals surface area contributed by atoms with Crippen LogP contribution >= 0.6 is 23.1 Å². The van der Waals surface area contributed by atoms with Gasteiger partial charge < -0.3 is 5.11 Å². The molecule has 1 unspecified atom stereocenters. The lowest BCUT2D eigenvalue weighted by molar-refractivity contribution is -0.137. The number of fused-ring (bicyclic) bond motifs is 1. The van der Waals surface area contributed by atoms with E-state index in [-0.39, 0.29) is 0 Å². The van der Waals surface area contributed by atoms with E-state index in [1.54, 1.807) is 0 Å². The third-order valence-electron chi connectivity index (χ3n) is 2.55. The van der Waals surface area contributed by atoms with Gasteiger partial charge in [0.2, 0.25) is 0 Å². The van der Waals surface area contributed by atoms with Gasteiger partial charge in [0.25, 0.3) is 0 Å². The van der Waals surface area contributed by atoms with Gasteiger partial charge in [-0.1, -0.05) is 0 Å². The zero-order valence-electron chi connectivity index (χ0n) is 9.26. The highest BCUT2D eigenvalue weighted by Gasteiger charge is 2.27. The topological polar surface area (TPSA) is 62.5 Å². The minimum atomic E-state index is -0.985. The van der Waals surface area contributed by atoms with Gasteiger partial charge in [-0.05, 0) is 6.07 Å². The summed E-state index contributed by atoms with van der Waals surface area (Å²) in [5.74, 6) is -2.51. The van der Waals surface area contributed by atoms with Crippen molar-refractivity contribution in [3.63, 3.8) is 0 Å². The lowest BCUT2D eigenvalue weighted by Crippen LogP contribution is -2.17. The van der Waals surface area contributed by atoms with E-state index in [2.05, 4.69) is 9.98 Å². The second kappa shape index (κ2) is 4.53. The zero-order valence-corrected chi connectivity index (χ0v) is 10.9. The molecule has 0 bridgehead atoms. The smallest absolute Gasteiger partial charge is 0.329 e. The summed E-state index contributed by atoms with van der Waals surface area (Å²) in [7, 11) is 0. The Morgan fingerprint density at radius 2 is 2.11 bits per heavy atom. The van der Waals surface area contributed by atoms with E-state index in [0.29, 0.717) is 26.0 Å². The molecule has 8 heteroatoms. The lowest BCUT2D eigenvalue weighted by Gasteiger charge is -1.93. The predicted octanol–water partition coefficient (Wildman–Crippen LogP) is 2.52. The van der Waals surface area contributed by atoms with Crippen LogP contribution < -0.4 is 0 Å². The molecule has 0 fully saturated rings. The molecule has 2 aromatic rings. The van der Waals surface area contributed by atoms with Crippen molar-refractivity contribution in [1.29, 1.82) is 0 Å². The normalized spacial score (nSPS) is 18.8. The largest absolute Gasteiger partial charge is 0.480 e. The van der Waals surface area contributed by atoms with Crippen molar-refractivity contribution in [2.75, 3.05) is 5.75 Å². The van der Waals surface area contributed by atoms with E-state index in [4.69, 9.17) is 5.11 Å². The van der Waals surface area contributed by atoms with Gasteiger partial charge in [-0.15, -0.1) is 23.1 Å². The molecule has 1 aliphatic rings. The van der Waals surface area contributed by atoms with E-state index in [1.807, 2.05) is 0 Å². The van der Waals surface area contributed by atoms with Crippen LogP contribution in [0.4, 0.5) is 8.78 Å². The molecule has 0 saturated heterocycles. The number of hydrogen-bond acceptors (Lipinski definition) is 5. The van der Waals surface area contributed by atoms with Gasteiger partial charge in [0.15, 0.2) is 17.7 Å². The zero-order chi connectivity index (χ0) is 13.6. The predicted molar refractivity (Wildman–Crippen MR) is 70.0 cm³/mol. The summed E-state index contributed by atoms with van der Waals surface area (Å²) < 4.78 is 26.7. The van der Waals surface area contributed by atoms with Crippen molar-refractivity contribution < 1.29 is 18.7 Å². The van der Waals surface area contributed by atoms with Crippen LogP contribution in [0, 0.1) is 11.6 Å². The number of hydrogen-bond donors (Lipinski definition) is 1. The maximum Gasteiger partial charge on any atom is 0.329 e. The van der Waals surface area contributed by atoms with Gasteiger partial charge in [0.1, 0.15) is 10.1 Å². The summed E-state index contributed by atoms with van der Waals surface area (Å²) in [6.07, 6.45) is 0. The van der Waals surface area contributed by atoms with Gasteiger partial charge in [-0.25, -0.2) is 18.6 Å². The number of aliphatic imine (C=N–C) groups is 1. The van der Waals surface area contributed by atoms with E-state index in [1.165, 1.54) is 23.1 Å². The average Bonchev–Trinajstić information content (AvgIpc) is 2.95. The average molecular weight is 300 g/mol. The van der Waals surface area contributed by atoms with Gasteiger partial charge in [-0.3, -0.25) is 4.99 Å². The molecule has 0 radical (unpaired) electrons. The van der Waals surface area contributed by atoms with Crippen molar-refractivity contribution in [2.45, 2.75) is 6.04 Å². The second-order valence-electron chi connectivity index (χ2n) is 3.85. The highest BCUT2D eigenvalue weighted by atomic mass is 32.2. The highest BCUT2D eigenvalue weighted by molar-refractivity contribution is 8.15. The molecule has 3 rings (SSSR count). The van der Waals surface area contributed by atoms with E-state index < -0.39 is 23.6 Å². The van der Waals surface area contributed by atoms with Gasteiger partial charge in [-0.2, -0.15) is 0 Å². The molecule has 2 heterocycles. The first kappa shape index (κ1) is 12.5. The molecule has 1 atom stereocenters. The number of halogens is 2. The molecule has 1 aromatic carbocycles. The van der Waals surface area contributed by atoms with Crippen LogP contribution in [0.15, 0.2) is 17.1 Å². The standard InChI is InChI=1S/C11H6F2N2O2S2/c12-4-1-6-8(2-5(4)13)19-10(14-6)9-15-7(3-18-9)11(16)17/h1-2,7H,3H2,(H,16,17). The van der Waals surface area contributed by atoms with Crippen LogP contribution in [0.2, 0.25) is 0 Å². The van der Waals surface area contributed by atoms with Crippen molar-refractivity contribution in [1.82, 2.24) is 4.98 Å².